The van der Waals surface area contributed by atoms with Crippen LogP contribution in [-0.4, -0.2) is 42.3 Å². The average molecular weight is 256 g/mol. The zero-order valence-electron chi connectivity index (χ0n) is 12.9. The summed E-state index contributed by atoms with van der Waals surface area (Å²) in [4.78, 5) is 2.63. The lowest BCUT2D eigenvalue weighted by Gasteiger charge is -2.50. The molecule has 0 saturated carbocycles. The number of hydrogen-bond donors (Lipinski definition) is 1. The molecule has 1 heterocycles. The van der Waals surface area contributed by atoms with Crippen molar-refractivity contribution in [3.05, 3.63) is 0 Å². The lowest BCUT2D eigenvalue weighted by Crippen LogP contribution is -2.61. The van der Waals surface area contributed by atoms with Gasteiger partial charge in [0.15, 0.2) is 0 Å². The smallest absolute Gasteiger partial charge is 0.0590 e. The van der Waals surface area contributed by atoms with E-state index in [1.165, 1.54) is 0 Å². The van der Waals surface area contributed by atoms with E-state index in [0.29, 0.717) is 18.1 Å². The molecule has 0 aromatic rings. The van der Waals surface area contributed by atoms with Crippen molar-refractivity contribution in [2.45, 2.75) is 71.6 Å². The first-order valence-electron chi connectivity index (χ1n) is 7.53. The Morgan fingerprint density at radius 2 is 2.00 bits per heavy atom. The van der Waals surface area contributed by atoms with Crippen molar-refractivity contribution in [3.8, 4) is 0 Å². The SMILES string of the molecule is CCC1CC(CN)(N(CC(C)C)C(C)C)CCO1. The number of hydrogen-bond acceptors (Lipinski definition) is 3. The van der Waals surface area contributed by atoms with E-state index in [2.05, 4.69) is 39.5 Å². The predicted molar refractivity (Wildman–Crippen MR) is 77.7 cm³/mol. The first-order chi connectivity index (χ1) is 8.45. The third kappa shape index (κ3) is 3.69. The molecule has 2 atom stereocenters. The van der Waals surface area contributed by atoms with Crippen molar-refractivity contribution in [2.75, 3.05) is 19.7 Å². The monoisotopic (exact) mass is 256 g/mol. The third-order valence-electron chi connectivity index (χ3n) is 4.16. The molecule has 0 amide bonds. The molecule has 3 nitrogen and oxygen atoms in total. The summed E-state index contributed by atoms with van der Waals surface area (Å²) in [5, 5.41) is 0. The van der Waals surface area contributed by atoms with Gasteiger partial charge >= 0.3 is 0 Å². The van der Waals surface area contributed by atoms with Crippen LogP contribution in [0.4, 0.5) is 0 Å². The second-order valence-electron chi connectivity index (χ2n) is 6.42. The molecule has 0 aromatic heterocycles. The predicted octanol–water partition coefficient (Wildman–Crippen LogP) is 2.64. The normalized spacial score (nSPS) is 29.5. The van der Waals surface area contributed by atoms with Gasteiger partial charge in [0.1, 0.15) is 0 Å². The van der Waals surface area contributed by atoms with Crippen LogP contribution in [0.2, 0.25) is 0 Å². The summed E-state index contributed by atoms with van der Waals surface area (Å²) in [5.74, 6) is 0.679. The molecule has 3 heteroatoms. The highest BCUT2D eigenvalue weighted by Gasteiger charge is 2.41. The van der Waals surface area contributed by atoms with Gasteiger partial charge in [-0.25, -0.2) is 0 Å². The molecular formula is C15H32N2O. The number of nitrogens with two attached hydrogens (primary N) is 1. The highest BCUT2D eigenvalue weighted by Crippen LogP contribution is 2.33. The van der Waals surface area contributed by atoms with Gasteiger partial charge in [0.25, 0.3) is 0 Å². The molecule has 2 unspecified atom stereocenters. The molecule has 0 aromatic carbocycles. The van der Waals surface area contributed by atoms with Gasteiger partial charge in [-0.15, -0.1) is 0 Å². The molecule has 1 aliphatic rings. The molecule has 0 spiro atoms. The van der Waals surface area contributed by atoms with Gasteiger partial charge in [-0.3, -0.25) is 4.90 Å². The van der Waals surface area contributed by atoms with Gasteiger partial charge in [-0.2, -0.15) is 0 Å². The standard InChI is InChI=1S/C15H32N2O/c1-6-14-9-15(11-16,7-8-18-14)17(13(4)5)10-12(2)3/h12-14H,6-11,16H2,1-5H3. The van der Waals surface area contributed by atoms with Crippen molar-refractivity contribution >= 4 is 0 Å². The maximum atomic E-state index is 6.17. The van der Waals surface area contributed by atoms with Gasteiger partial charge < -0.3 is 10.5 Å². The van der Waals surface area contributed by atoms with Crippen LogP contribution >= 0.6 is 0 Å². The van der Waals surface area contributed by atoms with Crippen LogP contribution in [0.5, 0.6) is 0 Å². The summed E-state index contributed by atoms with van der Waals surface area (Å²) in [5.41, 5.74) is 6.32. The Morgan fingerprint density at radius 1 is 1.33 bits per heavy atom. The molecule has 18 heavy (non-hydrogen) atoms. The van der Waals surface area contributed by atoms with Gasteiger partial charge in [0, 0.05) is 31.3 Å². The largest absolute Gasteiger partial charge is 0.378 e. The number of nitrogens with zero attached hydrogens (tertiary/aromatic N) is 1. The summed E-state index contributed by atoms with van der Waals surface area (Å²) in [7, 11) is 0. The summed E-state index contributed by atoms with van der Waals surface area (Å²) in [6.07, 6.45) is 3.64. The highest BCUT2D eigenvalue weighted by atomic mass is 16.5. The lowest BCUT2D eigenvalue weighted by molar-refractivity contribution is -0.0839. The molecule has 108 valence electrons. The van der Waals surface area contributed by atoms with Crippen molar-refractivity contribution < 1.29 is 4.74 Å². The van der Waals surface area contributed by atoms with Crippen LogP contribution in [-0.2, 0) is 4.74 Å². The van der Waals surface area contributed by atoms with Gasteiger partial charge in [0.05, 0.1) is 6.10 Å². The maximum absolute atomic E-state index is 6.17. The molecule has 1 aliphatic heterocycles. The highest BCUT2D eigenvalue weighted by molar-refractivity contribution is 4.97. The molecule has 1 rings (SSSR count). The van der Waals surface area contributed by atoms with Crippen molar-refractivity contribution in [2.24, 2.45) is 11.7 Å². The van der Waals surface area contributed by atoms with Crippen LogP contribution in [0.1, 0.15) is 53.9 Å². The van der Waals surface area contributed by atoms with E-state index in [1.54, 1.807) is 0 Å². The molecule has 1 fully saturated rings. The maximum Gasteiger partial charge on any atom is 0.0590 e. The molecule has 2 N–H and O–H groups in total. The Bertz CT molecular complexity index is 243. The van der Waals surface area contributed by atoms with Crippen molar-refractivity contribution in [1.29, 1.82) is 0 Å². The van der Waals surface area contributed by atoms with E-state index >= 15 is 0 Å². The fraction of sp³-hybridized carbons (Fsp3) is 1.00. The summed E-state index contributed by atoms with van der Waals surface area (Å²) >= 11 is 0. The Balaban J connectivity index is 2.87. The molecule has 1 saturated heterocycles. The zero-order valence-corrected chi connectivity index (χ0v) is 12.9. The van der Waals surface area contributed by atoms with E-state index < -0.39 is 0 Å². The fourth-order valence-corrected chi connectivity index (χ4v) is 3.17. The van der Waals surface area contributed by atoms with E-state index in [9.17, 15) is 0 Å². The van der Waals surface area contributed by atoms with E-state index in [-0.39, 0.29) is 5.54 Å². The number of rotatable bonds is 6. The minimum absolute atomic E-state index is 0.150. The third-order valence-corrected chi connectivity index (χ3v) is 4.16. The summed E-state index contributed by atoms with van der Waals surface area (Å²) < 4.78 is 5.84. The van der Waals surface area contributed by atoms with Crippen LogP contribution in [0.25, 0.3) is 0 Å². The summed E-state index contributed by atoms with van der Waals surface area (Å²) in [6.45, 7) is 14.1. The van der Waals surface area contributed by atoms with Gasteiger partial charge in [-0.1, -0.05) is 20.8 Å². The van der Waals surface area contributed by atoms with Gasteiger partial charge in [0.2, 0.25) is 0 Å². The molecule has 0 aliphatic carbocycles. The number of ether oxygens (including phenoxy) is 1. The Hall–Kier alpha value is -0.120. The average Bonchev–Trinajstić information content (AvgIpc) is 2.35. The Labute approximate surface area is 113 Å². The van der Waals surface area contributed by atoms with Crippen molar-refractivity contribution in [1.82, 2.24) is 4.90 Å². The molecule has 0 radical (unpaired) electrons. The Morgan fingerprint density at radius 3 is 2.44 bits per heavy atom. The quantitative estimate of drug-likeness (QED) is 0.794. The molecule has 0 bridgehead atoms. The molecular weight excluding hydrogens is 224 g/mol. The van der Waals surface area contributed by atoms with Crippen molar-refractivity contribution in [3.63, 3.8) is 0 Å². The van der Waals surface area contributed by atoms with Crippen LogP contribution in [0, 0.1) is 5.92 Å². The Kier molecular flexibility index (Phi) is 6.09. The van der Waals surface area contributed by atoms with E-state index in [0.717, 1.165) is 39.0 Å². The minimum Gasteiger partial charge on any atom is -0.378 e. The van der Waals surface area contributed by atoms with E-state index in [1.807, 2.05) is 0 Å². The topological polar surface area (TPSA) is 38.5 Å². The van der Waals surface area contributed by atoms with Crippen LogP contribution in [0.3, 0.4) is 0 Å². The second kappa shape index (κ2) is 6.88. The minimum atomic E-state index is 0.150. The first kappa shape index (κ1) is 15.9. The second-order valence-corrected chi connectivity index (χ2v) is 6.42. The van der Waals surface area contributed by atoms with Crippen LogP contribution in [0.15, 0.2) is 0 Å². The first-order valence-corrected chi connectivity index (χ1v) is 7.53. The van der Waals surface area contributed by atoms with E-state index in [4.69, 9.17) is 10.5 Å². The zero-order chi connectivity index (χ0) is 13.8. The van der Waals surface area contributed by atoms with Crippen LogP contribution < -0.4 is 5.73 Å². The van der Waals surface area contributed by atoms with Gasteiger partial charge in [-0.05, 0) is 39.0 Å². The lowest BCUT2D eigenvalue weighted by atomic mass is 9.82. The summed E-state index contributed by atoms with van der Waals surface area (Å²) in [6, 6.07) is 0.548. The fourth-order valence-electron chi connectivity index (χ4n) is 3.17.